The highest BCUT2D eigenvalue weighted by Crippen LogP contribution is 2.28. The molecule has 2 aliphatic rings. The third-order valence-electron chi connectivity index (χ3n) is 3.25. The Hall–Kier alpha value is -0.900. The lowest BCUT2D eigenvalue weighted by Crippen LogP contribution is -2.35. The zero-order valence-electron chi connectivity index (χ0n) is 10.0. The number of piperidine rings is 1. The van der Waals surface area contributed by atoms with Crippen LogP contribution in [-0.4, -0.2) is 36.2 Å². The van der Waals surface area contributed by atoms with Crippen LogP contribution in [0.25, 0.3) is 0 Å². The molecule has 1 heterocycles. The maximum Gasteiger partial charge on any atom is 0.243 e. The van der Waals surface area contributed by atoms with Gasteiger partial charge in [0.2, 0.25) is 5.91 Å². The number of amides is 1. The number of carbonyl (C=O) groups is 1. The van der Waals surface area contributed by atoms with Gasteiger partial charge in [-0.15, -0.1) is 0 Å². The smallest absolute Gasteiger partial charge is 0.243 e. The van der Waals surface area contributed by atoms with Gasteiger partial charge < -0.3 is 4.90 Å². The van der Waals surface area contributed by atoms with E-state index >= 15 is 0 Å². The van der Waals surface area contributed by atoms with Gasteiger partial charge in [0.1, 0.15) is 0 Å². The third kappa shape index (κ3) is 3.30. The average Bonchev–Trinajstić information content (AvgIpc) is 3.12. The molecule has 0 aromatic carbocycles. The van der Waals surface area contributed by atoms with Crippen LogP contribution in [0.3, 0.4) is 0 Å². The zero-order chi connectivity index (χ0) is 11.4. The molecule has 1 saturated carbocycles. The van der Waals surface area contributed by atoms with E-state index in [1.807, 2.05) is 0 Å². The van der Waals surface area contributed by atoms with Crippen LogP contribution in [0.4, 0.5) is 0 Å². The molecule has 16 heavy (non-hydrogen) atoms. The summed E-state index contributed by atoms with van der Waals surface area (Å²) in [7, 11) is 0. The van der Waals surface area contributed by atoms with Gasteiger partial charge in [-0.1, -0.05) is 6.92 Å². The van der Waals surface area contributed by atoms with Crippen molar-refractivity contribution in [2.45, 2.75) is 39.0 Å². The van der Waals surface area contributed by atoms with E-state index in [4.69, 9.17) is 0 Å². The van der Waals surface area contributed by atoms with Crippen molar-refractivity contribution >= 4 is 11.6 Å². The molecule has 0 aromatic rings. The number of carbonyl (C=O) groups excluding carboxylic acids is 1. The maximum absolute atomic E-state index is 11.4. The molecular formula is C12H21N3O. The molecule has 4 nitrogen and oxygen atoms in total. The number of hydrazone groups is 1. The zero-order valence-corrected chi connectivity index (χ0v) is 10.0. The Morgan fingerprint density at radius 1 is 1.44 bits per heavy atom. The van der Waals surface area contributed by atoms with Crippen LogP contribution in [0.2, 0.25) is 0 Å². The fourth-order valence-corrected chi connectivity index (χ4v) is 2.03. The van der Waals surface area contributed by atoms with Crippen LogP contribution in [0.1, 0.15) is 39.0 Å². The maximum atomic E-state index is 11.4. The van der Waals surface area contributed by atoms with Gasteiger partial charge in [0.25, 0.3) is 0 Å². The van der Waals surface area contributed by atoms with Crippen molar-refractivity contribution in [3.63, 3.8) is 0 Å². The molecule has 0 bridgehead atoms. The van der Waals surface area contributed by atoms with Crippen molar-refractivity contribution in [1.82, 2.24) is 10.3 Å². The number of hydrogen-bond acceptors (Lipinski definition) is 3. The average molecular weight is 223 g/mol. The second-order valence-electron chi connectivity index (χ2n) is 4.77. The summed E-state index contributed by atoms with van der Waals surface area (Å²) in [5.41, 5.74) is 3.85. The molecule has 1 aliphatic heterocycles. The van der Waals surface area contributed by atoms with E-state index in [2.05, 4.69) is 22.4 Å². The first-order valence-corrected chi connectivity index (χ1v) is 6.37. The van der Waals surface area contributed by atoms with Crippen molar-refractivity contribution in [1.29, 1.82) is 0 Å². The topological polar surface area (TPSA) is 44.7 Å². The second kappa shape index (κ2) is 5.43. The van der Waals surface area contributed by atoms with E-state index in [1.165, 1.54) is 13.0 Å². The third-order valence-corrected chi connectivity index (χ3v) is 3.25. The van der Waals surface area contributed by atoms with Crippen LogP contribution in [0.5, 0.6) is 0 Å². The standard InChI is InChI=1S/C12H21N3O/c1-2-7-15-8-5-11(6-9-15)13-14-12(16)10-3-4-10/h10H,2-9H2,1H3,(H,14,16). The van der Waals surface area contributed by atoms with E-state index in [1.54, 1.807) is 0 Å². The Kier molecular flexibility index (Phi) is 3.93. The number of nitrogens with one attached hydrogen (secondary N) is 1. The van der Waals surface area contributed by atoms with Gasteiger partial charge in [0.15, 0.2) is 0 Å². The lowest BCUT2D eigenvalue weighted by atomic mass is 10.1. The quantitative estimate of drug-likeness (QED) is 0.732. The summed E-state index contributed by atoms with van der Waals surface area (Å²) in [6, 6.07) is 0. The molecule has 1 amide bonds. The number of hydrogen-bond donors (Lipinski definition) is 1. The second-order valence-corrected chi connectivity index (χ2v) is 4.77. The van der Waals surface area contributed by atoms with E-state index in [-0.39, 0.29) is 11.8 Å². The Labute approximate surface area is 97.1 Å². The first kappa shape index (κ1) is 11.6. The van der Waals surface area contributed by atoms with Gasteiger partial charge in [-0.05, 0) is 25.8 Å². The van der Waals surface area contributed by atoms with Gasteiger partial charge in [0.05, 0.1) is 0 Å². The summed E-state index contributed by atoms with van der Waals surface area (Å²) < 4.78 is 0. The monoisotopic (exact) mass is 223 g/mol. The Balaban J connectivity index is 1.70. The van der Waals surface area contributed by atoms with Crippen LogP contribution >= 0.6 is 0 Å². The highest BCUT2D eigenvalue weighted by atomic mass is 16.2. The van der Waals surface area contributed by atoms with Crippen molar-refractivity contribution in [2.24, 2.45) is 11.0 Å². The fraction of sp³-hybridized carbons (Fsp3) is 0.833. The van der Waals surface area contributed by atoms with Gasteiger partial charge in [-0.2, -0.15) is 5.10 Å². The Morgan fingerprint density at radius 3 is 2.69 bits per heavy atom. The van der Waals surface area contributed by atoms with Crippen LogP contribution in [-0.2, 0) is 4.79 Å². The summed E-state index contributed by atoms with van der Waals surface area (Å²) in [4.78, 5) is 13.8. The first-order chi connectivity index (χ1) is 7.79. The summed E-state index contributed by atoms with van der Waals surface area (Å²) in [6.07, 6.45) is 5.31. The molecule has 1 aliphatic carbocycles. The molecule has 4 heteroatoms. The van der Waals surface area contributed by atoms with Crippen LogP contribution in [0, 0.1) is 5.92 Å². The Morgan fingerprint density at radius 2 is 2.12 bits per heavy atom. The SMILES string of the molecule is CCCN1CCC(=NNC(=O)C2CC2)CC1. The number of rotatable bonds is 4. The minimum absolute atomic E-state index is 0.114. The summed E-state index contributed by atoms with van der Waals surface area (Å²) in [5.74, 6) is 0.369. The van der Waals surface area contributed by atoms with E-state index in [0.29, 0.717) is 0 Å². The van der Waals surface area contributed by atoms with Gasteiger partial charge >= 0.3 is 0 Å². The van der Waals surface area contributed by atoms with Crippen molar-refractivity contribution in [3.05, 3.63) is 0 Å². The van der Waals surface area contributed by atoms with Crippen molar-refractivity contribution in [3.8, 4) is 0 Å². The van der Waals surface area contributed by atoms with Gasteiger partial charge in [-0.25, -0.2) is 5.43 Å². The van der Waals surface area contributed by atoms with E-state index in [0.717, 1.165) is 44.5 Å². The molecule has 1 saturated heterocycles. The molecule has 0 aromatic heterocycles. The van der Waals surface area contributed by atoms with Gasteiger partial charge in [0, 0.05) is 37.6 Å². The Bertz CT molecular complexity index is 274. The molecule has 0 spiro atoms. The lowest BCUT2D eigenvalue weighted by Gasteiger charge is -2.26. The summed E-state index contributed by atoms with van der Waals surface area (Å²) >= 11 is 0. The minimum Gasteiger partial charge on any atom is -0.303 e. The van der Waals surface area contributed by atoms with Gasteiger partial charge in [-0.3, -0.25) is 4.79 Å². The number of nitrogens with zero attached hydrogens (tertiary/aromatic N) is 2. The normalized spacial score (nSPS) is 21.9. The van der Waals surface area contributed by atoms with Crippen LogP contribution < -0.4 is 5.43 Å². The summed E-state index contributed by atoms with van der Waals surface area (Å²) in [5, 5.41) is 4.23. The predicted molar refractivity (Wildman–Crippen MR) is 64.3 cm³/mol. The number of likely N-dealkylation sites (tertiary alicyclic amines) is 1. The molecule has 90 valence electrons. The highest BCUT2D eigenvalue weighted by Gasteiger charge is 2.29. The largest absolute Gasteiger partial charge is 0.303 e. The highest BCUT2D eigenvalue weighted by molar-refractivity contribution is 5.88. The first-order valence-electron chi connectivity index (χ1n) is 6.37. The molecule has 0 unspecified atom stereocenters. The molecule has 0 radical (unpaired) electrons. The summed E-state index contributed by atoms with van der Waals surface area (Å²) in [6.45, 7) is 5.57. The molecule has 0 atom stereocenters. The molecule has 1 N–H and O–H groups in total. The van der Waals surface area contributed by atoms with E-state index < -0.39 is 0 Å². The predicted octanol–water partition coefficient (Wildman–Crippen LogP) is 1.37. The van der Waals surface area contributed by atoms with Crippen molar-refractivity contribution in [2.75, 3.05) is 19.6 Å². The molecule has 2 fully saturated rings. The van der Waals surface area contributed by atoms with Crippen molar-refractivity contribution < 1.29 is 4.79 Å². The van der Waals surface area contributed by atoms with Crippen LogP contribution in [0.15, 0.2) is 5.10 Å². The molecular weight excluding hydrogens is 202 g/mol. The fourth-order valence-electron chi connectivity index (χ4n) is 2.03. The minimum atomic E-state index is 0.114. The lowest BCUT2D eigenvalue weighted by molar-refractivity contribution is -0.122. The molecule has 2 rings (SSSR count). The van der Waals surface area contributed by atoms with E-state index in [9.17, 15) is 4.79 Å².